The van der Waals surface area contributed by atoms with E-state index in [-0.39, 0.29) is 5.91 Å². The number of rotatable bonds is 4. The molecule has 1 aromatic rings. The Hall–Kier alpha value is -0.980. The average Bonchev–Trinajstić information content (AvgIpc) is 2.31. The van der Waals surface area contributed by atoms with Crippen LogP contribution in [0.5, 0.6) is 0 Å². The lowest BCUT2D eigenvalue weighted by Crippen LogP contribution is -2.38. The average molecular weight is 331 g/mol. The maximum absolute atomic E-state index is 11.9. The monoisotopic (exact) mass is 330 g/mol. The van der Waals surface area contributed by atoms with E-state index < -0.39 is 5.60 Å². The molecule has 3 N–H and O–H groups in total. The van der Waals surface area contributed by atoms with Crippen LogP contribution in [-0.4, -0.2) is 23.6 Å². The van der Waals surface area contributed by atoms with E-state index in [1.807, 2.05) is 0 Å². The zero-order chi connectivity index (χ0) is 13.9. The van der Waals surface area contributed by atoms with Crippen molar-refractivity contribution < 1.29 is 9.53 Å². The lowest BCUT2D eigenvalue weighted by atomic mass is 10.1. The highest BCUT2D eigenvalue weighted by atomic mass is 79.9. The largest absolute Gasteiger partial charge is 0.389 e. The van der Waals surface area contributed by atoms with Crippen molar-refractivity contribution in [2.45, 2.75) is 19.4 Å². The number of anilines is 1. The zero-order valence-electron chi connectivity index (χ0n) is 10.4. The Labute approximate surface area is 120 Å². The molecule has 0 bridgehead atoms. The van der Waals surface area contributed by atoms with Gasteiger partial charge in [0.1, 0.15) is 10.6 Å². The van der Waals surface area contributed by atoms with E-state index in [4.69, 9.17) is 22.7 Å². The van der Waals surface area contributed by atoms with Gasteiger partial charge in [-0.15, -0.1) is 0 Å². The SMILES string of the molecule is COC(C)(C)C(=O)Nc1ccc(C(N)=S)cc1Br. The van der Waals surface area contributed by atoms with Gasteiger partial charge in [-0.3, -0.25) is 4.79 Å². The van der Waals surface area contributed by atoms with Gasteiger partial charge in [-0.1, -0.05) is 12.2 Å². The lowest BCUT2D eigenvalue weighted by molar-refractivity contribution is -0.133. The van der Waals surface area contributed by atoms with Crippen molar-refractivity contribution in [3.8, 4) is 0 Å². The maximum atomic E-state index is 11.9. The molecule has 0 heterocycles. The zero-order valence-corrected chi connectivity index (χ0v) is 12.8. The van der Waals surface area contributed by atoms with Gasteiger partial charge in [-0.25, -0.2) is 0 Å². The summed E-state index contributed by atoms with van der Waals surface area (Å²) >= 11 is 8.24. The molecule has 1 aromatic carbocycles. The van der Waals surface area contributed by atoms with Gasteiger partial charge in [0.25, 0.3) is 5.91 Å². The number of methoxy groups -OCH3 is 1. The molecule has 98 valence electrons. The van der Waals surface area contributed by atoms with Crippen LogP contribution in [0.1, 0.15) is 19.4 Å². The van der Waals surface area contributed by atoms with Gasteiger partial charge in [0.2, 0.25) is 0 Å². The molecular weight excluding hydrogens is 316 g/mol. The first-order valence-corrected chi connectivity index (χ1v) is 6.44. The second kappa shape index (κ2) is 5.77. The number of thiocarbonyl (C=S) groups is 1. The third-order valence-corrected chi connectivity index (χ3v) is 3.45. The number of amides is 1. The summed E-state index contributed by atoms with van der Waals surface area (Å²) in [6.07, 6.45) is 0. The van der Waals surface area contributed by atoms with Gasteiger partial charge in [0.15, 0.2) is 0 Å². The fraction of sp³-hybridized carbons (Fsp3) is 0.333. The fourth-order valence-corrected chi connectivity index (χ4v) is 1.74. The molecule has 0 fully saturated rings. The van der Waals surface area contributed by atoms with Gasteiger partial charge in [-0.05, 0) is 48.0 Å². The highest BCUT2D eigenvalue weighted by Crippen LogP contribution is 2.25. The fourth-order valence-electron chi connectivity index (χ4n) is 1.14. The van der Waals surface area contributed by atoms with Crippen LogP contribution in [-0.2, 0) is 9.53 Å². The summed E-state index contributed by atoms with van der Waals surface area (Å²) in [7, 11) is 1.49. The molecule has 18 heavy (non-hydrogen) atoms. The third-order valence-electron chi connectivity index (χ3n) is 2.56. The van der Waals surface area contributed by atoms with Gasteiger partial charge < -0.3 is 15.8 Å². The van der Waals surface area contributed by atoms with Gasteiger partial charge in [-0.2, -0.15) is 0 Å². The Kier molecular flexibility index (Phi) is 4.84. The first kappa shape index (κ1) is 15.1. The van der Waals surface area contributed by atoms with Crippen molar-refractivity contribution in [3.63, 3.8) is 0 Å². The van der Waals surface area contributed by atoms with Crippen LogP contribution in [0.4, 0.5) is 5.69 Å². The van der Waals surface area contributed by atoms with Crippen LogP contribution in [0, 0.1) is 0 Å². The first-order valence-electron chi connectivity index (χ1n) is 5.24. The van der Waals surface area contributed by atoms with Crippen LogP contribution >= 0.6 is 28.1 Å². The minimum absolute atomic E-state index is 0.228. The van der Waals surface area contributed by atoms with Gasteiger partial charge in [0.05, 0.1) is 5.69 Å². The maximum Gasteiger partial charge on any atom is 0.256 e. The predicted molar refractivity (Wildman–Crippen MR) is 79.7 cm³/mol. The molecule has 0 spiro atoms. The Morgan fingerprint density at radius 2 is 2.11 bits per heavy atom. The van der Waals surface area contributed by atoms with Crippen molar-refractivity contribution in [1.29, 1.82) is 0 Å². The molecular formula is C12H15BrN2O2S. The molecule has 0 saturated heterocycles. The number of hydrogen-bond acceptors (Lipinski definition) is 3. The van der Waals surface area contributed by atoms with Crippen molar-refractivity contribution in [2.24, 2.45) is 5.73 Å². The van der Waals surface area contributed by atoms with E-state index in [0.29, 0.717) is 15.1 Å². The van der Waals surface area contributed by atoms with Crippen molar-refractivity contribution in [1.82, 2.24) is 0 Å². The van der Waals surface area contributed by atoms with E-state index in [1.165, 1.54) is 7.11 Å². The molecule has 0 radical (unpaired) electrons. The smallest absolute Gasteiger partial charge is 0.256 e. The van der Waals surface area contributed by atoms with Crippen LogP contribution in [0.2, 0.25) is 0 Å². The summed E-state index contributed by atoms with van der Waals surface area (Å²) < 4.78 is 5.82. The number of benzene rings is 1. The van der Waals surface area contributed by atoms with E-state index in [1.54, 1.807) is 32.0 Å². The predicted octanol–water partition coefficient (Wildman–Crippen LogP) is 2.45. The molecule has 1 rings (SSSR count). The highest BCUT2D eigenvalue weighted by molar-refractivity contribution is 9.10. The van der Waals surface area contributed by atoms with E-state index >= 15 is 0 Å². The number of carbonyl (C=O) groups excluding carboxylic acids is 1. The summed E-state index contributed by atoms with van der Waals surface area (Å²) in [6.45, 7) is 3.39. The number of carbonyl (C=O) groups is 1. The molecule has 0 aliphatic heterocycles. The molecule has 0 atom stereocenters. The van der Waals surface area contributed by atoms with E-state index in [0.717, 1.165) is 5.56 Å². The van der Waals surface area contributed by atoms with Crippen molar-refractivity contribution in [3.05, 3.63) is 28.2 Å². The molecule has 0 unspecified atom stereocenters. The van der Waals surface area contributed by atoms with Crippen LogP contribution < -0.4 is 11.1 Å². The minimum Gasteiger partial charge on any atom is -0.389 e. The molecule has 6 heteroatoms. The Morgan fingerprint density at radius 1 is 1.50 bits per heavy atom. The molecule has 4 nitrogen and oxygen atoms in total. The first-order chi connectivity index (χ1) is 8.27. The Bertz CT molecular complexity index is 489. The second-order valence-corrected chi connectivity index (χ2v) is 5.52. The Morgan fingerprint density at radius 3 is 2.56 bits per heavy atom. The van der Waals surface area contributed by atoms with Gasteiger partial charge >= 0.3 is 0 Å². The lowest BCUT2D eigenvalue weighted by Gasteiger charge is -2.22. The van der Waals surface area contributed by atoms with Crippen LogP contribution in [0.3, 0.4) is 0 Å². The van der Waals surface area contributed by atoms with Crippen LogP contribution in [0.15, 0.2) is 22.7 Å². The summed E-state index contributed by atoms with van der Waals surface area (Å²) in [5, 5.41) is 2.77. The molecule has 1 amide bonds. The summed E-state index contributed by atoms with van der Waals surface area (Å²) in [4.78, 5) is 12.2. The van der Waals surface area contributed by atoms with Crippen molar-refractivity contribution in [2.75, 3.05) is 12.4 Å². The molecule has 0 aromatic heterocycles. The Balaban J connectivity index is 2.93. The van der Waals surface area contributed by atoms with Crippen LogP contribution in [0.25, 0.3) is 0 Å². The molecule has 0 aliphatic carbocycles. The van der Waals surface area contributed by atoms with E-state index in [2.05, 4.69) is 21.2 Å². The molecule has 0 aliphatic rings. The second-order valence-electron chi connectivity index (χ2n) is 4.23. The third kappa shape index (κ3) is 3.51. The summed E-state index contributed by atoms with van der Waals surface area (Å²) in [5.74, 6) is -0.228. The minimum atomic E-state index is -0.888. The summed E-state index contributed by atoms with van der Waals surface area (Å²) in [5.41, 5.74) is 6.02. The van der Waals surface area contributed by atoms with E-state index in [9.17, 15) is 4.79 Å². The number of halogens is 1. The molecule has 0 saturated carbocycles. The quantitative estimate of drug-likeness (QED) is 0.832. The normalized spacial score (nSPS) is 11.1. The topological polar surface area (TPSA) is 64.3 Å². The van der Waals surface area contributed by atoms with Crippen molar-refractivity contribution >= 4 is 44.7 Å². The number of nitrogens with two attached hydrogens (primary N) is 1. The number of ether oxygens (including phenoxy) is 1. The van der Waals surface area contributed by atoms with Gasteiger partial charge in [0, 0.05) is 17.1 Å². The number of hydrogen-bond donors (Lipinski definition) is 2. The standard InChI is InChI=1S/C12H15BrN2O2S/c1-12(2,17-3)11(16)15-9-5-4-7(10(14)18)6-8(9)13/h4-6H,1-3H3,(H2,14,18)(H,15,16). The summed E-state index contributed by atoms with van der Waals surface area (Å²) in [6, 6.07) is 5.25. The number of nitrogens with one attached hydrogen (secondary N) is 1. The highest BCUT2D eigenvalue weighted by Gasteiger charge is 2.27.